The van der Waals surface area contributed by atoms with E-state index in [1.54, 1.807) is 0 Å². The first kappa shape index (κ1) is 20.3. The molecule has 3 aromatic rings. The fourth-order valence-corrected chi connectivity index (χ4v) is 5.03. The van der Waals surface area contributed by atoms with Gasteiger partial charge >= 0.3 is 0 Å². The Balaban J connectivity index is 1.56. The summed E-state index contributed by atoms with van der Waals surface area (Å²) in [6.45, 7) is 0. The van der Waals surface area contributed by atoms with Crippen LogP contribution in [0.4, 0.5) is 0 Å². The van der Waals surface area contributed by atoms with Crippen molar-refractivity contribution in [2.45, 2.75) is 43.7 Å². The zero-order chi connectivity index (χ0) is 21.0. The van der Waals surface area contributed by atoms with Crippen LogP contribution in [0.2, 0.25) is 0 Å². The summed E-state index contributed by atoms with van der Waals surface area (Å²) in [7, 11) is 0. The number of thiophene rings is 1. The van der Waals surface area contributed by atoms with Gasteiger partial charge in [0.2, 0.25) is 5.91 Å². The van der Waals surface area contributed by atoms with Crippen LogP contribution < -0.4 is 10.6 Å². The third-order valence-electron chi connectivity index (χ3n) is 5.73. The van der Waals surface area contributed by atoms with Crippen LogP contribution in [-0.4, -0.2) is 23.6 Å². The maximum atomic E-state index is 13.3. The minimum absolute atomic E-state index is 0.240. The van der Waals surface area contributed by atoms with Crippen LogP contribution in [0.15, 0.2) is 60.7 Å². The number of benzene rings is 2. The minimum atomic E-state index is -0.998. The Bertz CT molecular complexity index is 1020. The molecule has 0 radical (unpaired) electrons. The Morgan fingerprint density at radius 2 is 1.67 bits per heavy atom. The first-order chi connectivity index (χ1) is 14.6. The van der Waals surface area contributed by atoms with Crippen LogP contribution in [0.5, 0.6) is 0 Å². The molecule has 0 aliphatic heterocycles. The predicted molar refractivity (Wildman–Crippen MR) is 118 cm³/mol. The summed E-state index contributed by atoms with van der Waals surface area (Å²) in [6.07, 6.45) is 4.61. The van der Waals surface area contributed by atoms with Crippen molar-refractivity contribution < 1.29 is 14.4 Å². The van der Waals surface area contributed by atoms with Gasteiger partial charge in [-0.1, -0.05) is 67.8 Å². The third-order valence-corrected chi connectivity index (χ3v) is 6.84. The van der Waals surface area contributed by atoms with Crippen LogP contribution in [-0.2, 0) is 9.59 Å². The summed E-state index contributed by atoms with van der Waals surface area (Å²) in [5.41, 5.74) is -0.274. The highest BCUT2D eigenvalue weighted by atomic mass is 32.1. The summed E-state index contributed by atoms with van der Waals surface area (Å²) in [6, 6.07) is 18.1. The van der Waals surface area contributed by atoms with Gasteiger partial charge in [0.05, 0.1) is 4.88 Å². The summed E-state index contributed by atoms with van der Waals surface area (Å²) in [4.78, 5) is 38.6. The lowest BCUT2D eigenvalue weighted by atomic mass is 9.80. The van der Waals surface area contributed by atoms with E-state index in [0.29, 0.717) is 17.7 Å². The molecule has 1 aromatic heterocycles. The van der Waals surface area contributed by atoms with Crippen LogP contribution >= 0.6 is 11.3 Å². The lowest BCUT2D eigenvalue weighted by Crippen LogP contribution is -2.60. The maximum absolute atomic E-state index is 13.3. The van der Waals surface area contributed by atoms with Crippen molar-refractivity contribution in [3.05, 3.63) is 71.1 Å². The summed E-state index contributed by atoms with van der Waals surface area (Å²) >= 11 is 1.42. The van der Waals surface area contributed by atoms with Crippen molar-refractivity contribution in [2.75, 3.05) is 0 Å². The summed E-state index contributed by atoms with van der Waals surface area (Å²) in [5.74, 6) is -0.534. The first-order valence-electron chi connectivity index (χ1n) is 10.2. The van der Waals surface area contributed by atoms with Crippen molar-refractivity contribution in [3.8, 4) is 0 Å². The number of carbonyl (C=O) groups is 3. The molecule has 1 aliphatic rings. The summed E-state index contributed by atoms with van der Waals surface area (Å²) < 4.78 is 1.04. The fourth-order valence-electron chi connectivity index (χ4n) is 4.07. The molecule has 6 heteroatoms. The van der Waals surface area contributed by atoms with Gasteiger partial charge in [-0.2, -0.15) is 0 Å². The molecule has 1 atom stereocenters. The van der Waals surface area contributed by atoms with E-state index < -0.39 is 11.6 Å². The Morgan fingerprint density at radius 3 is 2.37 bits per heavy atom. The molecule has 2 N–H and O–H groups in total. The Morgan fingerprint density at radius 1 is 0.967 bits per heavy atom. The zero-order valence-corrected chi connectivity index (χ0v) is 17.4. The Hall–Kier alpha value is -2.99. The molecule has 4 rings (SSSR count). The fraction of sp³-hybridized carbons (Fsp3) is 0.292. The van der Waals surface area contributed by atoms with Crippen LogP contribution in [0.25, 0.3) is 10.1 Å². The van der Waals surface area contributed by atoms with E-state index in [9.17, 15) is 14.4 Å². The second-order valence-corrected chi connectivity index (χ2v) is 8.83. The van der Waals surface area contributed by atoms with Crippen molar-refractivity contribution in [1.29, 1.82) is 0 Å². The van der Waals surface area contributed by atoms with Gasteiger partial charge in [-0.05, 0) is 35.9 Å². The highest BCUT2D eigenvalue weighted by Crippen LogP contribution is 2.31. The van der Waals surface area contributed by atoms with Gasteiger partial charge in [0.15, 0.2) is 0 Å². The lowest BCUT2D eigenvalue weighted by molar-refractivity contribution is -0.131. The molecule has 154 valence electrons. The smallest absolute Gasteiger partial charge is 0.262 e. The average molecular weight is 421 g/mol. The second kappa shape index (κ2) is 8.79. The molecule has 1 aliphatic carbocycles. The number of amides is 2. The van der Waals surface area contributed by atoms with Gasteiger partial charge in [-0.15, -0.1) is 11.3 Å². The van der Waals surface area contributed by atoms with E-state index in [4.69, 9.17) is 0 Å². The second-order valence-electron chi connectivity index (χ2n) is 7.74. The number of rotatable bonds is 6. The van der Waals surface area contributed by atoms with Gasteiger partial charge in [-0.3, -0.25) is 9.59 Å². The van der Waals surface area contributed by atoms with Crippen molar-refractivity contribution in [2.24, 2.45) is 0 Å². The highest BCUT2D eigenvalue weighted by Gasteiger charge is 2.42. The number of hydrogen-bond acceptors (Lipinski definition) is 4. The van der Waals surface area contributed by atoms with Crippen molar-refractivity contribution in [1.82, 2.24) is 10.6 Å². The number of fused-ring (bicyclic) bond motifs is 1. The van der Waals surface area contributed by atoms with E-state index in [0.717, 1.165) is 41.2 Å². The largest absolute Gasteiger partial charge is 0.340 e. The van der Waals surface area contributed by atoms with E-state index in [1.165, 1.54) is 11.3 Å². The van der Waals surface area contributed by atoms with E-state index in [1.807, 2.05) is 60.7 Å². The number of nitrogens with one attached hydrogen (secondary N) is 2. The van der Waals surface area contributed by atoms with Gasteiger partial charge in [0.25, 0.3) is 5.91 Å². The Labute approximate surface area is 179 Å². The van der Waals surface area contributed by atoms with Gasteiger partial charge < -0.3 is 15.4 Å². The standard InChI is InChI=1S/C24H24N2O3S/c27-16-19(17-9-3-1-4-10-17)25-23(29)24(13-7-2-8-14-24)26-22(28)21-15-18-11-5-6-12-20(18)30-21/h1,3-6,9-12,15-16,19H,2,7-8,13-14H2,(H,25,29)(H,26,28)/t19-/m1/s1. The molecule has 1 heterocycles. The molecular weight excluding hydrogens is 396 g/mol. The molecule has 0 bridgehead atoms. The molecule has 30 heavy (non-hydrogen) atoms. The average Bonchev–Trinajstić information content (AvgIpc) is 3.23. The number of aldehydes is 1. The monoisotopic (exact) mass is 420 g/mol. The molecule has 1 fully saturated rings. The molecule has 2 amide bonds. The molecule has 0 unspecified atom stereocenters. The zero-order valence-electron chi connectivity index (χ0n) is 16.6. The van der Waals surface area contributed by atoms with Gasteiger partial charge in [-0.25, -0.2) is 0 Å². The summed E-state index contributed by atoms with van der Waals surface area (Å²) in [5, 5.41) is 6.91. The normalized spacial score (nSPS) is 16.5. The highest BCUT2D eigenvalue weighted by molar-refractivity contribution is 7.20. The quantitative estimate of drug-likeness (QED) is 0.581. The van der Waals surface area contributed by atoms with Crippen molar-refractivity contribution in [3.63, 3.8) is 0 Å². The SMILES string of the molecule is O=C[C@@H](NC(=O)C1(NC(=O)c2cc3ccccc3s2)CCCCC1)c1ccccc1. The van der Waals surface area contributed by atoms with E-state index >= 15 is 0 Å². The molecule has 0 spiro atoms. The molecule has 2 aromatic carbocycles. The van der Waals surface area contributed by atoms with Crippen LogP contribution in [0.3, 0.4) is 0 Å². The lowest BCUT2D eigenvalue weighted by Gasteiger charge is -2.37. The molecular formula is C24H24N2O3S. The molecule has 5 nitrogen and oxygen atoms in total. The third kappa shape index (κ3) is 4.14. The van der Waals surface area contributed by atoms with Crippen LogP contribution in [0, 0.1) is 0 Å². The van der Waals surface area contributed by atoms with Crippen LogP contribution in [0.1, 0.15) is 53.4 Å². The predicted octanol–water partition coefficient (Wildman–Crippen LogP) is 4.39. The Kier molecular flexibility index (Phi) is 5.95. The van der Waals surface area contributed by atoms with E-state index in [-0.39, 0.29) is 11.8 Å². The van der Waals surface area contributed by atoms with Gasteiger partial charge in [0, 0.05) is 4.70 Å². The maximum Gasteiger partial charge on any atom is 0.262 e. The number of carbonyl (C=O) groups excluding carboxylic acids is 3. The number of hydrogen-bond donors (Lipinski definition) is 2. The molecule has 0 saturated heterocycles. The topological polar surface area (TPSA) is 75.3 Å². The van der Waals surface area contributed by atoms with Crippen molar-refractivity contribution >= 4 is 39.5 Å². The van der Waals surface area contributed by atoms with Gasteiger partial charge in [0.1, 0.15) is 17.9 Å². The minimum Gasteiger partial charge on any atom is -0.340 e. The first-order valence-corrected chi connectivity index (χ1v) is 11.1. The molecule has 1 saturated carbocycles. The van der Waals surface area contributed by atoms with E-state index in [2.05, 4.69) is 10.6 Å².